The molecule has 2 rings (SSSR count). The van der Waals surface area contributed by atoms with E-state index >= 15 is 0 Å². The Hall–Kier alpha value is -2.39. The monoisotopic (exact) mass is 304 g/mol. The van der Waals surface area contributed by atoms with Crippen LogP contribution in [0.25, 0.3) is 0 Å². The molecule has 0 radical (unpaired) electrons. The maximum Gasteiger partial charge on any atom is 0.406 e. The van der Waals surface area contributed by atoms with E-state index in [1.807, 2.05) is 0 Å². The molecule has 2 heterocycles. The number of carbonyl (C=O) groups is 3. The first kappa shape index (κ1) is 15.0. The van der Waals surface area contributed by atoms with Gasteiger partial charge in [-0.05, 0) is 6.42 Å². The fourth-order valence-electron chi connectivity index (χ4n) is 1.83. The number of nitrogens with one attached hydrogen (secondary N) is 2. The highest BCUT2D eigenvalue weighted by Crippen LogP contribution is 2.17. The summed E-state index contributed by atoms with van der Waals surface area (Å²) >= 11 is 0. The molecule has 1 fully saturated rings. The number of aromatic nitrogens is 2. The molecular formula is C11H11F3N4O3. The lowest BCUT2D eigenvalue weighted by Gasteiger charge is -2.21. The minimum atomic E-state index is -4.42. The van der Waals surface area contributed by atoms with Gasteiger partial charge in [-0.25, -0.2) is 4.98 Å². The molecule has 1 aliphatic rings. The van der Waals surface area contributed by atoms with Crippen molar-refractivity contribution in [2.75, 3.05) is 0 Å². The van der Waals surface area contributed by atoms with Crippen LogP contribution in [0.15, 0.2) is 12.5 Å². The normalized spacial score (nSPS) is 19.3. The van der Waals surface area contributed by atoms with Gasteiger partial charge in [0.1, 0.15) is 18.3 Å². The van der Waals surface area contributed by atoms with Crippen molar-refractivity contribution in [3.63, 3.8) is 0 Å². The predicted molar refractivity (Wildman–Crippen MR) is 61.9 cm³/mol. The van der Waals surface area contributed by atoms with E-state index in [0.717, 1.165) is 17.1 Å². The number of imidazole rings is 1. The van der Waals surface area contributed by atoms with Crippen molar-refractivity contribution in [3.05, 3.63) is 18.2 Å². The Labute approximate surface area is 116 Å². The van der Waals surface area contributed by atoms with Gasteiger partial charge in [0.25, 0.3) is 5.91 Å². The summed E-state index contributed by atoms with van der Waals surface area (Å²) in [5, 5.41) is 4.38. The molecule has 1 unspecified atom stereocenters. The van der Waals surface area contributed by atoms with E-state index in [0.29, 0.717) is 0 Å². The smallest absolute Gasteiger partial charge is 0.339 e. The zero-order valence-corrected chi connectivity index (χ0v) is 10.6. The Balaban J connectivity index is 1.97. The second kappa shape index (κ2) is 5.54. The fraction of sp³-hybridized carbons (Fsp3) is 0.455. The van der Waals surface area contributed by atoms with Crippen LogP contribution >= 0.6 is 0 Å². The van der Waals surface area contributed by atoms with Gasteiger partial charge >= 0.3 is 6.18 Å². The summed E-state index contributed by atoms with van der Waals surface area (Å²) in [6, 6.07) is -0.900. The van der Waals surface area contributed by atoms with Crippen LogP contribution < -0.4 is 10.6 Å². The van der Waals surface area contributed by atoms with Gasteiger partial charge in [-0.2, -0.15) is 13.2 Å². The second-order valence-electron chi connectivity index (χ2n) is 4.52. The third-order valence-corrected chi connectivity index (χ3v) is 2.77. The quantitative estimate of drug-likeness (QED) is 0.768. The molecule has 2 N–H and O–H groups in total. The van der Waals surface area contributed by atoms with Crippen molar-refractivity contribution >= 4 is 17.7 Å². The zero-order valence-electron chi connectivity index (χ0n) is 10.6. The summed E-state index contributed by atoms with van der Waals surface area (Å²) in [4.78, 5) is 37.7. The summed E-state index contributed by atoms with van der Waals surface area (Å²) in [6.45, 7) is -1.26. The third-order valence-electron chi connectivity index (χ3n) is 2.77. The highest BCUT2D eigenvalue weighted by molar-refractivity contribution is 6.03. The van der Waals surface area contributed by atoms with Crippen LogP contribution in [0.4, 0.5) is 13.2 Å². The van der Waals surface area contributed by atoms with Crippen molar-refractivity contribution in [3.8, 4) is 0 Å². The van der Waals surface area contributed by atoms with Gasteiger partial charge in [-0.15, -0.1) is 0 Å². The van der Waals surface area contributed by atoms with Crippen LogP contribution in [0.5, 0.6) is 0 Å². The molecule has 3 amide bonds. The van der Waals surface area contributed by atoms with E-state index in [1.54, 1.807) is 0 Å². The molecule has 0 spiro atoms. The zero-order chi connectivity index (χ0) is 15.6. The van der Waals surface area contributed by atoms with Crippen LogP contribution in [-0.2, 0) is 16.1 Å². The highest BCUT2D eigenvalue weighted by atomic mass is 19.4. The van der Waals surface area contributed by atoms with E-state index in [2.05, 4.69) is 15.6 Å². The van der Waals surface area contributed by atoms with Crippen LogP contribution in [-0.4, -0.2) is 39.5 Å². The molecule has 0 saturated carbocycles. The largest absolute Gasteiger partial charge is 0.406 e. The molecule has 1 aromatic rings. The SMILES string of the molecule is O=C1CCC(NC(=O)c2cn(CC(F)(F)F)cn2)C(=O)N1. The molecule has 0 bridgehead atoms. The number of imide groups is 1. The van der Waals surface area contributed by atoms with Gasteiger partial charge in [-0.3, -0.25) is 19.7 Å². The Morgan fingerprint density at radius 3 is 2.81 bits per heavy atom. The molecule has 1 aliphatic heterocycles. The van der Waals surface area contributed by atoms with E-state index in [4.69, 9.17) is 0 Å². The second-order valence-corrected chi connectivity index (χ2v) is 4.52. The Bertz CT molecular complexity index is 582. The number of amides is 3. The third kappa shape index (κ3) is 4.04. The minimum absolute atomic E-state index is 0.0825. The lowest BCUT2D eigenvalue weighted by atomic mass is 10.1. The Morgan fingerprint density at radius 2 is 2.19 bits per heavy atom. The Morgan fingerprint density at radius 1 is 1.48 bits per heavy atom. The van der Waals surface area contributed by atoms with Gasteiger partial charge in [0.2, 0.25) is 11.8 Å². The standard InChI is InChI=1S/C11H11F3N4O3/c12-11(13,14)4-18-3-7(15-5-18)10(21)16-6-1-2-8(19)17-9(6)20/h3,5-6H,1-2,4H2,(H,16,21)(H,17,19,20). The molecule has 1 atom stereocenters. The van der Waals surface area contributed by atoms with Gasteiger partial charge < -0.3 is 9.88 Å². The van der Waals surface area contributed by atoms with Gasteiger partial charge in [0.15, 0.2) is 0 Å². The van der Waals surface area contributed by atoms with Crippen molar-refractivity contribution in [2.24, 2.45) is 0 Å². The average Bonchev–Trinajstić information content (AvgIpc) is 2.78. The summed E-state index contributed by atoms with van der Waals surface area (Å²) in [5.41, 5.74) is -0.232. The van der Waals surface area contributed by atoms with Crippen molar-refractivity contribution in [1.29, 1.82) is 0 Å². The topological polar surface area (TPSA) is 93.1 Å². The predicted octanol–water partition coefficient (Wildman–Crippen LogP) is -0.0196. The van der Waals surface area contributed by atoms with E-state index < -0.39 is 36.5 Å². The molecule has 114 valence electrons. The molecule has 0 aromatic carbocycles. The van der Waals surface area contributed by atoms with Crippen LogP contribution in [0.3, 0.4) is 0 Å². The van der Waals surface area contributed by atoms with Crippen LogP contribution in [0, 0.1) is 0 Å². The highest BCUT2D eigenvalue weighted by Gasteiger charge is 2.30. The Kier molecular flexibility index (Phi) is 3.96. The minimum Gasteiger partial charge on any atom is -0.339 e. The lowest BCUT2D eigenvalue weighted by Crippen LogP contribution is -2.52. The maximum absolute atomic E-state index is 12.2. The number of rotatable bonds is 3. The average molecular weight is 304 g/mol. The molecule has 10 heteroatoms. The molecule has 0 aliphatic carbocycles. The lowest BCUT2D eigenvalue weighted by molar-refractivity contribution is -0.140. The summed E-state index contributed by atoms with van der Waals surface area (Å²) in [7, 11) is 0. The van der Waals surface area contributed by atoms with E-state index in [1.165, 1.54) is 0 Å². The first-order valence-corrected chi connectivity index (χ1v) is 5.98. The van der Waals surface area contributed by atoms with E-state index in [9.17, 15) is 27.6 Å². The number of halogens is 3. The fourth-order valence-corrected chi connectivity index (χ4v) is 1.83. The van der Waals surface area contributed by atoms with Crippen molar-refractivity contribution in [1.82, 2.24) is 20.2 Å². The molecule has 1 saturated heterocycles. The van der Waals surface area contributed by atoms with Gasteiger partial charge in [0, 0.05) is 12.6 Å². The maximum atomic E-state index is 12.2. The molecular weight excluding hydrogens is 293 g/mol. The summed E-state index contributed by atoms with van der Waals surface area (Å²) in [5.74, 6) is -1.85. The molecule has 21 heavy (non-hydrogen) atoms. The first-order chi connectivity index (χ1) is 9.74. The molecule has 1 aromatic heterocycles. The van der Waals surface area contributed by atoms with E-state index in [-0.39, 0.29) is 18.5 Å². The first-order valence-electron chi connectivity index (χ1n) is 5.98. The van der Waals surface area contributed by atoms with Crippen LogP contribution in [0.2, 0.25) is 0 Å². The number of hydrogen-bond donors (Lipinski definition) is 2. The number of alkyl halides is 3. The van der Waals surface area contributed by atoms with Crippen molar-refractivity contribution < 1.29 is 27.6 Å². The summed E-state index contributed by atoms with van der Waals surface area (Å²) < 4.78 is 37.3. The molecule has 7 nitrogen and oxygen atoms in total. The van der Waals surface area contributed by atoms with Crippen LogP contribution in [0.1, 0.15) is 23.3 Å². The summed E-state index contributed by atoms with van der Waals surface area (Å²) in [6.07, 6.45) is -2.38. The van der Waals surface area contributed by atoms with Gasteiger partial charge in [0.05, 0.1) is 6.33 Å². The van der Waals surface area contributed by atoms with Crippen molar-refractivity contribution in [2.45, 2.75) is 31.6 Å². The number of piperidine rings is 1. The number of carbonyl (C=O) groups excluding carboxylic acids is 3. The number of hydrogen-bond acceptors (Lipinski definition) is 4. The van der Waals surface area contributed by atoms with Gasteiger partial charge in [-0.1, -0.05) is 0 Å². The number of nitrogens with zero attached hydrogens (tertiary/aromatic N) is 2.